The number of hydrogen-bond donors (Lipinski definition) is 1. The van der Waals surface area contributed by atoms with Crippen LogP contribution in [-0.2, 0) is 9.53 Å². The molecule has 0 aromatic rings. The van der Waals surface area contributed by atoms with Gasteiger partial charge in [-0.05, 0) is 20.8 Å². The van der Waals surface area contributed by atoms with Gasteiger partial charge in [-0.15, -0.1) is 0 Å². The van der Waals surface area contributed by atoms with E-state index in [1.165, 1.54) is 6.08 Å². The zero-order chi connectivity index (χ0) is 9.19. The predicted octanol–water partition coefficient (Wildman–Crippen LogP) is 1.21. The summed E-state index contributed by atoms with van der Waals surface area (Å²) in [6.45, 7) is 6.50. The van der Waals surface area contributed by atoms with Gasteiger partial charge in [-0.2, -0.15) is 0 Å². The maximum Gasteiger partial charge on any atom is 0.247 e. The van der Waals surface area contributed by atoms with Crippen molar-refractivity contribution in [2.24, 2.45) is 0 Å². The molecule has 68 valence electrons. The second kappa shape index (κ2) is 3.17. The highest BCUT2D eigenvalue weighted by atomic mass is 16.5. The summed E-state index contributed by atoms with van der Waals surface area (Å²) in [4.78, 5) is 11.1. The molecular formula is C9H15NO2. The van der Waals surface area contributed by atoms with Gasteiger partial charge in [0.2, 0.25) is 5.91 Å². The minimum Gasteiger partial charge on any atom is -0.498 e. The molecule has 0 saturated carbocycles. The first-order valence-corrected chi connectivity index (χ1v) is 4.19. The summed E-state index contributed by atoms with van der Waals surface area (Å²) < 4.78 is 5.29. The summed E-state index contributed by atoms with van der Waals surface area (Å²) in [5.74, 6) is 0.723. The van der Waals surface area contributed by atoms with E-state index in [0.717, 1.165) is 12.2 Å². The van der Waals surface area contributed by atoms with Crippen molar-refractivity contribution in [1.29, 1.82) is 0 Å². The Morgan fingerprint density at radius 1 is 1.67 bits per heavy atom. The quantitative estimate of drug-likeness (QED) is 0.674. The molecule has 3 nitrogen and oxygen atoms in total. The van der Waals surface area contributed by atoms with E-state index in [4.69, 9.17) is 4.74 Å². The Kier molecular flexibility index (Phi) is 2.40. The van der Waals surface area contributed by atoms with E-state index >= 15 is 0 Å². The minimum absolute atomic E-state index is 0.0605. The maximum absolute atomic E-state index is 11.1. The Morgan fingerprint density at radius 2 is 2.33 bits per heavy atom. The first-order chi connectivity index (χ1) is 5.53. The Balaban J connectivity index is 2.69. The van der Waals surface area contributed by atoms with Crippen molar-refractivity contribution in [3.63, 3.8) is 0 Å². The molecule has 1 aliphatic rings. The Hall–Kier alpha value is -0.990. The van der Waals surface area contributed by atoms with Gasteiger partial charge in [-0.1, -0.05) is 0 Å². The number of rotatable bonds is 2. The molecular weight excluding hydrogens is 154 g/mol. The van der Waals surface area contributed by atoms with Crippen LogP contribution in [0.25, 0.3) is 0 Å². The summed E-state index contributed by atoms with van der Waals surface area (Å²) in [6.07, 6.45) is 2.29. The van der Waals surface area contributed by atoms with Gasteiger partial charge in [-0.3, -0.25) is 4.79 Å². The summed E-state index contributed by atoms with van der Waals surface area (Å²) in [6, 6.07) is 0. The fraction of sp³-hybridized carbons (Fsp3) is 0.667. The van der Waals surface area contributed by atoms with Gasteiger partial charge in [-0.25, -0.2) is 0 Å². The van der Waals surface area contributed by atoms with Crippen LogP contribution in [0.2, 0.25) is 0 Å². The van der Waals surface area contributed by atoms with E-state index in [0.29, 0.717) is 6.61 Å². The van der Waals surface area contributed by atoms with Gasteiger partial charge < -0.3 is 10.1 Å². The second-order valence-electron chi connectivity index (χ2n) is 3.59. The highest BCUT2D eigenvalue weighted by Crippen LogP contribution is 2.20. The largest absolute Gasteiger partial charge is 0.498 e. The van der Waals surface area contributed by atoms with Gasteiger partial charge in [0.1, 0.15) is 5.76 Å². The molecule has 0 spiro atoms. The van der Waals surface area contributed by atoms with Gasteiger partial charge in [0.15, 0.2) is 0 Å². The Labute approximate surface area is 72.8 Å². The number of amides is 1. The molecule has 0 saturated heterocycles. The molecule has 0 bridgehead atoms. The lowest BCUT2D eigenvalue weighted by molar-refractivity contribution is -0.119. The maximum atomic E-state index is 11.1. The highest BCUT2D eigenvalue weighted by molar-refractivity contribution is 5.89. The molecule has 1 amide bonds. The van der Waals surface area contributed by atoms with Crippen LogP contribution >= 0.6 is 0 Å². The lowest BCUT2D eigenvalue weighted by Crippen LogP contribution is -2.46. The van der Waals surface area contributed by atoms with E-state index in [2.05, 4.69) is 5.32 Å². The zero-order valence-corrected chi connectivity index (χ0v) is 7.81. The van der Waals surface area contributed by atoms with Crippen molar-refractivity contribution in [1.82, 2.24) is 5.32 Å². The van der Waals surface area contributed by atoms with Gasteiger partial charge >= 0.3 is 0 Å². The van der Waals surface area contributed by atoms with Crippen LogP contribution in [0.15, 0.2) is 11.8 Å². The van der Waals surface area contributed by atoms with Crippen LogP contribution in [0, 0.1) is 0 Å². The van der Waals surface area contributed by atoms with Crippen LogP contribution in [0.3, 0.4) is 0 Å². The van der Waals surface area contributed by atoms with Crippen molar-refractivity contribution in [2.75, 3.05) is 6.61 Å². The zero-order valence-electron chi connectivity index (χ0n) is 7.81. The summed E-state index contributed by atoms with van der Waals surface area (Å²) in [5, 5.41) is 2.85. The first-order valence-electron chi connectivity index (χ1n) is 4.19. The van der Waals surface area contributed by atoms with Crippen LogP contribution in [-0.4, -0.2) is 18.1 Å². The lowest BCUT2D eigenvalue weighted by Gasteiger charge is -2.30. The molecule has 1 rings (SSSR count). The van der Waals surface area contributed by atoms with Gasteiger partial charge in [0.05, 0.1) is 6.61 Å². The second-order valence-corrected chi connectivity index (χ2v) is 3.59. The summed E-state index contributed by atoms with van der Waals surface area (Å²) in [7, 11) is 0. The van der Waals surface area contributed by atoms with E-state index in [1.54, 1.807) is 0 Å². The highest BCUT2D eigenvalue weighted by Gasteiger charge is 2.26. The molecule has 0 atom stereocenters. The van der Waals surface area contributed by atoms with Crippen molar-refractivity contribution in [3.05, 3.63) is 11.8 Å². The molecule has 0 fully saturated rings. The summed E-state index contributed by atoms with van der Waals surface area (Å²) >= 11 is 0. The number of carbonyl (C=O) groups is 1. The molecule has 0 aromatic carbocycles. The molecule has 12 heavy (non-hydrogen) atoms. The van der Waals surface area contributed by atoms with E-state index in [1.807, 2.05) is 20.8 Å². The van der Waals surface area contributed by atoms with Crippen molar-refractivity contribution < 1.29 is 9.53 Å². The predicted molar refractivity (Wildman–Crippen MR) is 46.5 cm³/mol. The van der Waals surface area contributed by atoms with Gasteiger partial charge in [0, 0.05) is 18.0 Å². The van der Waals surface area contributed by atoms with Crippen LogP contribution in [0.5, 0.6) is 0 Å². The Morgan fingerprint density at radius 3 is 2.83 bits per heavy atom. The lowest BCUT2D eigenvalue weighted by atomic mass is 9.96. The normalized spacial score (nSPS) is 21.2. The number of carbonyl (C=O) groups excluding carboxylic acids is 1. The van der Waals surface area contributed by atoms with Crippen LogP contribution in [0.4, 0.5) is 0 Å². The van der Waals surface area contributed by atoms with Crippen molar-refractivity contribution >= 4 is 5.91 Å². The van der Waals surface area contributed by atoms with Crippen LogP contribution in [0.1, 0.15) is 27.2 Å². The standard InChI is InChI=1S/C9H15NO2/c1-4-12-7-5-8(11)10-9(2,3)6-7/h5H,4,6H2,1-3H3,(H,10,11). The molecule has 1 heterocycles. The number of nitrogens with one attached hydrogen (secondary N) is 1. The Bertz CT molecular complexity index is 219. The third kappa shape index (κ3) is 2.26. The average Bonchev–Trinajstić information content (AvgIpc) is 1.82. The van der Waals surface area contributed by atoms with Crippen LogP contribution < -0.4 is 5.32 Å². The smallest absolute Gasteiger partial charge is 0.247 e. The number of ether oxygens (including phenoxy) is 1. The van der Waals surface area contributed by atoms with E-state index in [9.17, 15) is 4.79 Å². The van der Waals surface area contributed by atoms with E-state index < -0.39 is 0 Å². The fourth-order valence-corrected chi connectivity index (χ4v) is 1.32. The van der Waals surface area contributed by atoms with Crippen molar-refractivity contribution in [3.8, 4) is 0 Å². The van der Waals surface area contributed by atoms with Gasteiger partial charge in [0.25, 0.3) is 0 Å². The first kappa shape index (κ1) is 9.10. The molecule has 1 aliphatic heterocycles. The molecule has 0 aliphatic carbocycles. The fourth-order valence-electron chi connectivity index (χ4n) is 1.32. The third-order valence-corrected chi connectivity index (χ3v) is 1.70. The monoisotopic (exact) mass is 169 g/mol. The topological polar surface area (TPSA) is 38.3 Å². The summed E-state index contributed by atoms with van der Waals surface area (Å²) in [5.41, 5.74) is -0.170. The molecule has 1 N–H and O–H groups in total. The molecule has 0 unspecified atom stereocenters. The average molecular weight is 169 g/mol. The third-order valence-electron chi connectivity index (χ3n) is 1.70. The minimum atomic E-state index is -0.170. The van der Waals surface area contributed by atoms with E-state index in [-0.39, 0.29) is 11.4 Å². The van der Waals surface area contributed by atoms with Crippen molar-refractivity contribution in [2.45, 2.75) is 32.7 Å². The number of hydrogen-bond acceptors (Lipinski definition) is 2. The molecule has 0 aromatic heterocycles. The molecule has 0 radical (unpaired) electrons. The SMILES string of the molecule is CCOC1=CC(=O)NC(C)(C)C1. The molecule has 3 heteroatoms.